The van der Waals surface area contributed by atoms with Crippen LogP contribution in [0.25, 0.3) is 11.3 Å². The van der Waals surface area contributed by atoms with Crippen molar-refractivity contribution >= 4 is 17.6 Å². The third-order valence-electron chi connectivity index (χ3n) is 4.37. The molecular formula is C22H19F2NO5. The van der Waals surface area contributed by atoms with Gasteiger partial charge in [0.05, 0.1) is 25.5 Å². The molecule has 0 aliphatic rings. The fourth-order valence-electron chi connectivity index (χ4n) is 2.78. The summed E-state index contributed by atoms with van der Waals surface area (Å²) in [6, 6.07) is 12.3. The third kappa shape index (κ3) is 4.83. The van der Waals surface area contributed by atoms with E-state index < -0.39 is 29.1 Å². The minimum Gasteiger partial charge on any atom is -0.497 e. The van der Waals surface area contributed by atoms with Gasteiger partial charge in [0.2, 0.25) is 5.91 Å². The molecule has 1 aromatic heterocycles. The van der Waals surface area contributed by atoms with Crippen LogP contribution in [-0.2, 0) is 16.0 Å². The number of rotatable bonds is 7. The fourth-order valence-corrected chi connectivity index (χ4v) is 2.78. The summed E-state index contributed by atoms with van der Waals surface area (Å²) in [5.74, 6) is -1.60. The van der Waals surface area contributed by atoms with E-state index in [2.05, 4.69) is 10.1 Å². The molecule has 3 rings (SSSR count). The minimum absolute atomic E-state index is 0.0000597. The van der Waals surface area contributed by atoms with E-state index in [0.29, 0.717) is 17.6 Å². The van der Waals surface area contributed by atoms with E-state index in [1.807, 2.05) is 24.3 Å². The minimum atomic E-state index is -1.07. The van der Waals surface area contributed by atoms with Crippen molar-refractivity contribution in [3.8, 4) is 17.1 Å². The molecule has 6 nitrogen and oxygen atoms in total. The van der Waals surface area contributed by atoms with Gasteiger partial charge in [-0.25, -0.2) is 13.6 Å². The molecule has 0 spiro atoms. The van der Waals surface area contributed by atoms with Crippen molar-refractivity contribution in [3.63, 3.8) is 0 Å². The van der Waals surface area contributed by atoms with Gasteiger partial charge < -0.3 is 19.2 Å². The summed E-state index contributed by atoms with van der Waals surface area (Å²) in [6.45, 7) is 0. The van der Waals surface area contributed by atoms with Crippen LogP contribution >= 0.6 is 0 Å². The van der Waals surface area contributed by atoms with Gasteiger partial charge in [0.1, 0.15) is 28.9 Å². The molecule has 0 fully saturated rings. The Labute approximate surface area is 171 Å². The smallest absolute Gasteiger partial charge is 0.340 e. The van der Waals surface area contributed by atoms with Crippen LogP contribution in [0, 0.1) is 11.6 Å². The molecule has 0 radical (unpaired) electrons. The van der Waals surface area contributed by atoms with E-state index >= 15 is 0 Å². The number of carbonyl (C=O) groups is 2. The number of methoxy groups -OCH3 is 2. The second-order valence-corrected chi connectivity index (χ2v) is 6.35. The van der Waals surface area contributed by atoms with Gasteiger partial charge >= 0.3 is 5.97 Å². The Bertz CT molecular complexity index is 1060. The first kappa shape index (κ1) is 21.0. The average molecular weight is 415 g/mol. The quantitative estimate of drug-likeness (QED) is 0.571. The number of hydrogen-bond donors (Lipinski definition) is 1. The lowest BCUT2D eigenvalue weighted by molar-refractivity contribution is -0.116. The molecule has 30 heavy (non-hydrogen) atoms. The van der Waals surface area contributed by atoms with Crippen LogP contribution < -0.4 is 10.1 Å². The summed E-state index contributed by atoms with van der Waals surface area (Å²) in [7, 11) is 2.66. The van der Waals surface area contributed by atoms with Gasteiger partial charge in [-0.15, -0.1) is 0 Å². The van der Waals surface area contributed by atoms with Crippen molar-refractivity contribution in [3.05, 3.63) is 71.5 Å². The second kappa shape index (κ2) is 9.21. The highest BCUT2D eigenvalue weighted by Gasteiger charge is 2.18. The van der Waals surface area contributed by atoms with Crippen molar-refractivity contribution in [2.24, 2.45) is 0 Å². The summed E-state index contributed by atoms with van der Waals surface area (Å²) in [5.41, 5.74) is 0.0831. The lowest BCUT2D eigenvalue weighted by atomic mass is 10.1. The molecule has 156 valence electrons. The number of amides is 1. The van der Waals surface area contributed by atoms with Crippen LogP contribution in [-0.4, -0.2) is 26.1 Å². The van der Waals surface area contributed by atoms with Crippen molar-refractivity contribution in [1.29, 1.82) is 0 Å². The van der Waals surface area contributed by atoms with Crippen molar-refractivity contribution in [2.45, 2.75) is 12.8 Å². The predicted octanol–water partition coefficient (Wildman–Crippen LogP) is 4.59. The summed E-state index contributed by atoms with van der Waals surface area (Å²) >= 11 is 0. The molecule has 8 heteroatoms. The molecule has 0 aliphatic carbocycles. The van der Waals surface area contributed by atoms with Gasteiger partial charge in [0.25, 0.3) is 0 Å². The van der Waals surface area contributed by atoms with Gasteiger partial charge in [0.15, 0.2) is 0 Å². The van der Waals surface area contributed by atoms with Gasteiger partial charge in [-0.2, -0.15) is 0 Å². The monoisotopic (exact) mass is 415 g/mol. The third-order valence-corrected chi connectivity index (χ3v) is 4.37. The largest absolute Gasteiger partial charge is 0.497 e. The first-order chi connectivity index (χ1) is 14.4. The molecule has 1 heterocycles. The SMILES string of the molecule is COC(=O)c1cc(NC(=O)CCc2ccc(-c3ccc(OC)cc3)o2)c(F)cc1F. The molecule has 0 bridgehead atoms. The number of anilines is 1. The van der Waals surface area contributed by atoms with Crippen LogP contribution in [0.1, 0.15) is 22.5 Å². The van der Waals surface area contributed by atoms with E-state index in [9.17, 15) is 18.4 Å². The van der Waals surface area contributed by atoms with Crippen LogP contribution in [0.5, 0.6) is 5.75 Å². The maximum absolute atomic E-state index is 13.9. The van der Waals surface area contributed by atoms with E-state index in [1.54, 1.807) is 19.2 Å². The number of nitrogens with one attached hydrogen (secondary N) is 1. The molecule has 0 saturated carbocycles. The van der Waals surface area contributed by atoms with E-state index in [-0.39, 0.29) is 18.5 Å². The maximum atomic E-state index is 13.9. The number of aryl methyl sites for hydroxylation is 1. The number of carbonyl (C=O) groups excluding carboxylic acids is 2. The van der Waals surface area contributed by atoms with Crippen molar-refractivity contribution in [2.75, 3.05) is 19.5 Å². The Morgan fingerprint density at radius 3 is 2.40 bits per heavy atom. The topological polar surface area (TPSA) is 77.8 Å². The fraction of sp³-hybridized carbons (Fsp3) is 0.182. The summed E-state index contributed by atoms with van der Waals surface area (Å²) in [5, 5.41) is 2.33. The van der Waals surface area contributed by atoms with Crippen LogP contribution in [0.3, 0.4) is 0 Å². The molecule has 0 aliphatic heterocycles. The number of hydrogen-bond acceptors (Lipinski definition) is 5. The molecule has 1 N–H and O–H groups in total. The number of ether oxygens (including phenoxy) is 2. The van der Waals surface area contributed by atoms with Crippen LogP contribution in [0.2, 0.25) is 0 Å². The highest BCUT2D eigenvalue weighted by molar-refractivity contribution is 5.94. The lowest BCUT2D eigenvalue weighted by Crippen LogP contribution is -2.15. The zero-order valence-corrected chi connectivity index (χ0v) is 16.3. The number of benzene rings is 2. The highest BCUT2D eigenvalue weighted by Crippen LogP contribution is 2.25. The van der Waals surface area contributed by atoms with Gasteiger partial charge in [-0.05, 0) is 42.5 Å². The second-order valence-electron chi connectivity index (χ2n) is 6.35. The van der Waals surface area contributed by atoms with Crippen molar-refractivity contribution in [1.82, 2.24) is 0 Å². The molecule has 2 aromatic carbocycles. The number of furan rings is 1. The zero-order chi connectivity index (χ0) is 21.7. The molecule has 1 amide bonds. The average Bonchev–Trinajstić information content (AvgIpc) is 3.23. The Balaban J connectivity index is 1.62. The van der Waals surface area contributed by atoms with E-state index in [0.717, 1.165) is 24.5 Å². The Hall–Kier alpha value is -3.68. The zero-order valence-electron chi connectivity index (χ0n) is 16.3. The highest BCUT2D eigenvalue weighted by atomic mass is 19.1. The summed E-state index contributed by atoms with van der Waals surface area (Å²) < 4.78 is 42.9. The van der Waals surface area contributed by atoms with Gasteiger partial charge in [-0.3, -0.25) is 4.79 Å². The van der Waals surface area contributed by atoms with Crippen LogP contribution in [0.15, 0.2) is 52.9 Å². The summed E-state index contributed by atoms with van der Waals surface area (Å²) in [6.07, 6.45) is 0.272. The molecule has 3 aromatic rings. The Morgan fingerprint density at radius 1 is 1.00 bits per heavy atom. The first-order valence-corrected chi connectivity index (χ1v) is 9.01. The summed E-state index contributed by atoms with van der Waals surface area (Å²) in [4.78, 5) is 23.7. The van der Waals surface area contributed by atoms with Crippen molar-refractivity contribution < 1.29 is 32.3 Å². The molecule has 0 atom stereocenters. The number of halogens is 2. The predicted molar refractivity (Wildman–Crippen MR) is 105 cm³/mol. The first-order valence-electron chi connectivity index (χ1n) is 9.01. The standard InChI is InChI=1S/C22H19F2NO5/c1-28-14-5-3-13(4-6-14)20-9-7-15(30-20)8-10-21(26)25-19-11-16(22(27)29-2)17(23)12-18(19)24/h3-7,9,11-12H,8,10H2,1-2H3,(H,25,26). The number of esters is 1. The molecule has 0 saturated heterocycles. The van der Waals surface area contributed by atoms with E-state index in [4.69, 9.17) is 9.15 Å². The van der Waals surface area contributed by atoms with Crippen LogP contribution in [0.4, 0.5) is 14.5 Å². The Morgan fingerprint density at radius 2 is 1.73 bits per heavy atom. The Kier molecular flexibility index (Phi) is 6.46. The van der Waals surface area contributed by atoms with E-state index in [1.165, 1.54) is 0 Å². The lowest BCUT2D eigenvalue weighted by Gasteiger charge is -2.09. The van der Waals surface area contributed by atoms with Gasteiger partial charge in [-0.1, -0.05) is 0 Å². The maximum Gasteiger partial charge on any atom is 0.340 e. The normalized spacial score (nSPS) is 10.5. The molecular weight excluding hydrogens is 396 g/mol. The molecule has 0 unspecified atom stereocenters. The van der Waals surface area contributed by atoms with Gasteiger partial charge in [0, 0.05) is 24.5 Å².